The van der Waals surface area contributed by atoms with E-state index in [4.69, 9.17) is 16.0 Å². The number of sulfone groups is 1. The third kappa shape index (κ3) is 4.95. The topological polar surface area (TPSA) is 76.6 Å². The molecule has 1 aromatic heterocycles. The Morgan fingerprint density at radius 1 is 1.14 bits per heavy atom. The minimum atomic E-state index is -4.02. The Morgan fingerprint density at radius 2 is 1.83 bits per heavy atom. The minimum Gasteiger partial charge on any atom is -0.419 e. The van der Waals surface area contributed by atoms with Gasteiger partial charge in [0.25, 0.3) is 0 Å². The molecule has 0 aliphatic heterocycles. The standard InChI is InChI=1S/C20H21ClFN3O3S/c1-25(2)13-5-12-23-19-20(29(26,27)15-10-8-14(22)9-11-15)24-18(28-19)16-6-3-4-7-17(16)21/h3-4,6-11,23H,5,12-13H2,1-2H3/p+1. The van der Waals surface area contributed by atoms with Gasteiger partial charge in [0.1, 0.15) is 5.82 Å². The molecule has 2 N–H and O–H groups in total. The lowest BCUT2D eigenvalue weighted by atomic mass is 10.2. The van der Waals surface area contributed by atoms with Gasteiger partial charge >= 0.3 is 0 Å². The zero-order valence-electron chi connectivity index (χ0n) is 16.1. The van der Waals surface area contributed by atoms with Gasteiger partial charge in [0.2, 0.25) is 26.6 Å². The third-order valence-electron chi connectivity index (χ3n) is 4.22. The zero-order valence-corrected chi connectivity index (χ0v) is 17.6. The maximum atomic E-state index is 13.2. The van der Waals surface area contributed by atoms with Gasteiger partial charge in [0.05, 0.1) is 36.1 Å². The number of benzene rings is 2. The van der Waals surface area contributed by atoms with E-state index in [0.717, 1.165) is 25.1 Å². The predicted molar refractivity (Wildman–Crippen MR) is 110 cm³/mol. The summed E-state index contributed by atoms with van der Waals surface area (Å²) in [6.07, 6.45) is 0.806. The zero-order chi connectivity index (χ0) is 21.0. The van der Waals surface area contributed by atoms with Crippen LogP contribution < -0.4 is 10.2 Å². The van der Waals surface area contributed by atoms with Gasteiger partial charge in [-0.1, -0.05) is 23.7 Å². The number of oxazole rings is 1. The number of nitrogens with one attached hydrogen (secondary N) is 2. The van der Waals surface area contributed by atoms with Gasteiger partial charge in [-0.05, 0) is 36.4 Å². The van der Waals surface area contributed by atoms with Crippen molar-refractivity contribution >= 4 is 27.3 Å². The lowest BCUT2D eigenvalue weighted by molar-refractivity contribution is -0.858. The predicted octanol–water partition coefficient (Wildman–Crippen LogP) is 2.91. The molecule has 0 spiro atoms. The van der Waals surface area contributed by atoms with E-state index in [-0.39, 0.29) is 21.7 Å². The normalized spacial score (nSPS) is 11.8. The lowest BCUT2D eigenvalue weighted by Crippen LogP contribution is -3.05. The highest BCUT2D eigenvalue weighted by Crippen LogP contribution is 2.34. The quantitative estimate of drug-likeness (QED) is 0.417. The van der Waals surface area contributed by atoms with E-state index in [2.05, 4.69) is 10.3 Å². The van der Waals surface area contributed by atoms with Crippen LogP contribution in [0.4, 0.5) is 10.3 Å². The third-order valence-corrected chi connectivity index (χ3v) is 6.23. The van der Waals surface area contributed by atoms with Crippen molar-refractivity contribution in [2.24, 2.45) is 0 Å². The summed E-state index contributed by atoms with van der Waals surface area (Å²) >= 11 is 6.22. The molecule has 0 amide bonds. The summed E-state index contributed by atoms with van der Waals surface area (Å²) in [6, 6.07) is 11.5. The summed E-state index contributed by atoms with van der Waals surface area (Å²) in [5.41, 5.74) is 0.482. The first kappa shape index (κ1) is 21.3. The molecule has 0 bridgehead atoms. The fraction of sp³-hybridized carbons (Fsp3) is 0.250. The number of nitrogens with zero attached hydrogens (tertiary/aromatic N) is 1. The lowest BCUT2D eigenvalue weighted by Gasteiger charge is -2.08. The molecule has 2 aromatic carbocycles. The smallest absolute Gasteiger partial charge is 0.233 e. The van der Waals surface area contributed by atoms with E-state index in [0.29, 0.717) is 17.1 Å². The maximum absolute atomic E-state index is 13.2. The van der Waals surface area contributed by atoms with E-state index in [1.165, 1.54) is 17.0 Å². The van der Waals surface area contributed by atoms with Crippen molar-refractivity contribution in [3.05, 3.63) is 59.4 Å². The molecule has 0 fully saturated rings. The number of rotatable bonds is 8. The molecular formula is C20H22ClFN3O3S+. The summed E-state index contributed by atoms with van der Waals surface area (Å²) in [4.78, 5) is 5.43. The van der Waals surface area contributed by atoms with Crippen LogP contribution in [0.5, 0.6) is 0 Å². The number of quaternary nitrogens is 1. The number of hydrogen-bond donors (Lipinski definition) is 2. The molecule has 1 heterocycles. The Bertz CT molecular complexity index is 1080. The highest BCUT2D eigenvalue weighted by Gasteiger charge is 2.29. The Hall–Kier alpha value is -2.42. The summed E-state index contributed by atoms with van der Waals surface area (Å²) in [5, 5.41) is 3.16. The van der Waals surface area contributed by atoms with E-state index in [9.17, 15) is 12.8 Å². The Labute approximate surface area is 174 Å². The van der Waals surface area contributed by atoms with E-state index in [1.807, 2.05) is 14.1 Å². The molecule has 9 heteroatoms. The monoisotopic (exact) mass is 438 g/mol. The molecule has 3 aromatic rings. The molecule has 3 rings (SSSR count). The first-order valence-corrected chi connectivity index (χ1v) is 10.9. The highest BCUT2D eigenvalue weighted by atomic mass is 35.5. The Balaban J connectivity index is 2.01. The van der Waals surface area contributed by atoms with Gasteiger partial charge in [0.15, 0.2) is 0 Å². The van der Waals surface area contributed by atoms with Crippen LogP contribution in [0.3, 0.4) is 0 Å². The van der Waals surface area contributed by atoms with E-state index < -0.39 is 15.7 Å². The van der Waals surface area contributed by atoms with Crippen LogP contribution in [-0.2, 0) is 9.84 Å². The van der Waals surface area contributed by atoms with Gasteiger partial charge in [-0.25, -0.2) is 12.8 Å². The molecule has 0 aliphatic carbocycles. The summed E-state index contributed by atoms with van der Waals surface area (Å²) in [5.74, 6) is -0.389. The number of hydrogen-bond acceptors (Lipinski definition) is 5. The largest absolute Gasteiger partial charge is 0.419 e. The van der Waals surface area contributed by atoms with Gasteiger partial charge in [-0.15, -0.1) is 0 Å². The second kappa shape index (κ2) is 8.94. The van der Waals surface area contributed by atoms with Crippen LogP contribution in [0.1, 0.15) is 6.42 Å². The Morgan fingerprint density at radius 3 is 2.48 bits per heavy atom. The van der Waals surface area contributed by atoms with Crippen molar-refractivity contribution in [3.63, 3.8) is 0 Å². The molecule has 0 radical (unpaired) electrons. The van der Waals surface area contributed by atoms with Crippen LogP contribution >= 0.6 is 11.6 Å². The fourth-order valence-electron chi connectivity index (χ4n) is 2.72. The van der Waals surface area contributed by atoms with E-state index in [1.54, 1.807) is 24.3 Å². The van der Waals surface area contributed by atoms with Gasteiger partial charge in [-0.2, -0.15) is 4.98 Å². The van der Waals surface area contributed by atoms with Crippen LogP contribution in [-0.4, -0.2) is 40.6 Å². The highest BCUT2D eigenvalue weighted by molar-refractivity contribution is 7.91. The Kier molecular flexibility index (Phi) is 6.56. The van der Waals surface area contributed by atoms with Crippen LogP contribution in [0.25, 0.3) is 11.5 Å². The van der Waals surface area contributed by atoms with Gasteiger partial charge in [0, 0.05) is 13.0 Å². The second-order valence-corrected chi connectivity index (χ2v) is 9.10. The van der Waals surface area contributed by atoms with Crippen molar-refractivity contribution in [2.75, 3.05) is 32.5 Å². The number of halogens is 2. The minimum absolute atomic E-state index is 0.0398. The molecule has 0 aliphatic rings. The van der Waals surface area contributed by atoms with Crippen molar-refractivity contribution in [1.29, 1.82) is 0 Å². The van der Waals surface area contributed by atoms with Crippen molar-refractivity contribution < 1.29 is 22.1 Å². The average molecular weight is 439 g/mol. The molecule has 29 heavy (non-hydrogen) atoms. The molecule has 0 atom stereocenters. The molecule has 6 nitrogen and oxygen atoms in total. The second-order valence-electron chi connectivity index (χ2n) is 6.83. The van der Waals surface area contributed by atoms with Gasteiger partial charge < -0.3 is 14.6 Å². The summed E-state index contributed by atoms with van der Waals surface area (Å²) in [7, 11) is 0.0500. The van der Waals surface area contributed by atoms with E-state index >= 15 is 0 Å². The number of aromatic nitrogens is 1. The molecule has 0 saturated heterocycles. The molecule has 0 saturated carbocycles. The average Bonchev–Trinajstić information content (AvgIpc) is 3.10. The van der Waals surface area contributed by atoms with Crippen LogP contribution in [0, 0.1) is 5.82 Å². The first-order valence-electron chi connectivity index (χ1n) is 9.08. The van der Waals surface area contributed by atoms with Gasteiger partial charge in [-0.3, -0.25) is 0 Å². The summed E-state index contributed by atoms with van der Waals surface area (Å²) < 4.78 is 45.2. The first-order chi connectivity index (χ1) is 13.8. The van der Waals surface area contributed by atoms with Crippen molar-refractivity contribution in [1.82, 2.24) is 4.98 Å². The maximum Gasteiger partial charge on any atom is 0.233 e. The number of anilines is 1. The molecule has 154 valence electrons. The SMILES string of the molecule is C[NH+](C)CCCNc1oc(-c2ccccc2Cl)nc1S(=O)(=O)c1ccc(F)cc1. The van der Waals surface area contributed by atoms with Crippen LogP contribution in [0.15, 0.2) is 62.9 Å². The fourth-order valence-corrected chi connectivity index (χ4v) is 4.21. The molecular weight excluding hydrogens is 417 g/mol. The summed E-state index contributed by atoms with van der Waals surface area (Å²) in [6.45, 7) is 1.41. The molecule has 0 unspecified atom stereocenters. The van der Waals surface area contributed by atoms with Crippen LogP contribution in [0.2, 0.25) is 5.02 Å². The van der Waals surface area contributed by atoms with Crippen molar-refractivity contribution in [2.45, 2.75) is 16.3 Å². The van der Waals surface area contributed by atoms with Crippen molar-refractivity contribution in [3.8, 4) is 11.5 Å².